The maximum atomic E-state index is 11.8. The van der Waals surface area contributed by atoms with E-state index in [0.717, 1.165) is 5.56 Å². The molecule has 1 aromatic carbocycles. The molecule has 0 aliphatic carbocycles. The lowest BCUT2D eigenvalue weighted by molar-refractivity contribution is -0.0856. The van der Waals surface area contributed by atoms with Gasteiger partial charge in [0.2, 0.25) is 0 Å². The fourth-order valence-electron chi connectivity index (χ4n) is 1.66. The van der Waals surface area contributed by atoms with Crippen molar-refractivity contribution in [3.8, 4) is 5.75 Å². The van der Waals surface area contributed by atoms with Crippen molar-refractivity contribution < 1.29 is 37.8 Å². The summed E-state index contributed by atoms with van der Waals surface area (Å²) in [6.45, 7) is -0.628. The van der Waals surface area contributed by atoms with E-state index in [1.807, 2.05) is 0 Å². The van der Waals surface area contributed by atoms with Crippen LogP contribution >= 0.6 is 7.82 Å². The quantitative estimate of drug-likeness (QED) is 0.577. The van der Waals surface area contributed by atoms with Gasteiger partial charge in [0.05, 0.1) is 26.9 Å². The van der Waals surface area contributed by atoms with Gasteiger partial charge in [0, 0.05) is 14.2 Å². The number of phosphoric ester groups is 1. The Balaban J connectivity index is 2.61. The summed E-state index contributed by atoms with van der Waals surface area (Å²) >= 11 is 0. The Morgan fingerprint density at radius 3 is 2.22 bits per heavy atom. The zero-order valence-electron chi connectivity index (χ0n) is 13.4. The fourth-order valence-corrected chi connectivity index (χ4v) is 2.35. The number of methoxy groups -OCH3 is 1. The summed E-state index contributed by atoms with van der Waals surface area (Å²) in [5, 5.41) is 18.9. The molecule has 9 heteroatoms. The van der Waals surface area contributed by atoms with Crippen LogP contribution in [0.15, 0.2) is 24.3 Å². The van der Waals surface area contributed by atoms with E-state index in [0.29, 0.717) is 5.75 Å². The Kier molecular flexibility index (Phi) is 8.72. The minimum atomic E-state index is -3.68. The molecular formula is C14H23O8P. The summed E-state index contributed by atoms with van der Waals surface area (Å²) in [5.41, 5.74) is 0.836. The van der Waals surface area contributed by atoms with Gasteiger partial charge in [0.1, 0.15) is 18.0 Å². The first kappa shape index (κ1) is 20.1. The van der Waals surface area contributed by atoms with Crippen molar-refractivity contribution in [3.05, 3.63) is 29.8 Å². The first-order valence-corrected chi connectivity index (χ1v) is 8.33. The molecule has 0 unspecified atom stereocenters. The number of aliphatic hydroxyl groups is 2. The lowest BCUT2D eigenvalue weighted by Gasteiger charge is -2.23. The SMILES string of the molecule is COc1ccc(CO[C@@H](COP(=O)(OC)OC)[C@@H](O)CO)cc1. The molecule has 0 aliphatic heterocycles. The third-order valence-corrected chi connectivity index (χ3v) is 4.44. The maximum Gasteiger partial charge on any atom is 0.474 e. The molecule has 0 fully saturated rings. The summed E-state index contributed by atoms with van der Waals surface area (Å²) in [4.78, 5) is 0. The summed E-state index contributed by atoms with van der Waals surface area (Å²) in [6, 6.07) is 7.15. The Morgan fingerprint density at radius 1 is 1.13 bits per heavy atom. The van der Waals surface area contributed by atoms with Crippen LogP contribution in [0.4, 0.5) is 0 Å². The van der Waals surface area contributed by atoms with Crippen molar-refractivity contribution in [2.45, 2.75) is 18.8 Å². The van der Waals surface area contributed by atoms with Gasteiger partial charge in [-0.15, -0.1) is 0 Å². The Bertz CT molecular complexity index is 484. The molecule has 0 spiro atoms. The van der Waals surface area contributed by atoms with Gasteiger partial charge >= 0.3 is 7.82 Å². The molecule has 0 aromatic heterocycles. The smallest absolute Gasteiger partial charge is 0.474 e. The van der Waals surface area contributed by atoms with E-state index in [-0.39, 0.29) is 13.2 Å². The first-order valence-electron chi connectivity index (χ1n) is 6.87. The van der Waals surface area contributed by atoms with Crippen LogP contribution < -0.4 is 4.74 Å². The van der Waals surface area contributed by atoms with Crippen LogP contribution in [0.5, 0.6) is 5.75 Å². The highest BCUT2D eigenvalue weighted by Crippen LogP contribution is 2.47. The summed E-state index contributed by atoms with van der Waals surface area (Å²) in [7, 11) is 0.250. The monoisotopic (exact) mass is 350 g/mol. The number of ether oxygens (including phenoxy) is 2. The first-order chi connectivity index (χ1) is 11.0. The van der Waals surface area contributed by atoms with Crippen LogP contribution in [0.2, 0.25) is 0 Å². The number of hydrogen-bond donors (Lipinski definition) is 2. The molecule has 2 N–H and O–H groups in total. The minimum absolute atomic E-state index is 0.166. The molecule has 0 bridgehead atoms. The van der Waals surface area contributed by atoms with Crippen molar-refractivity contribution in [1.82, 2.24) is 0 Å². The van der Waals surface area contributed by atoms with Crippen LogP contribution in [0.3, 0.4) is 0 Å². The van der Waals surface area contributed by atoms with Gasteiger partial charge in [-0.25, -0.2) is 4.57 Å². The van der Waals surface area contributed by atoms with Gasteiger partial charge in [-0.2, -0.15) is 0 Å². The van der Waals surface area contributed by atoms with Crippen LogP contribution in [-0.2, 0) is 29.5 Å². The minimum Gasteiger partial charge on any atom is -0.497 e. The molecular weight excluding hydrogens is 327 g/mol. The van der Waals surface area contributed by atoms with E-state index in [2.05, 4.69) is 9.05 Å². The molecule has 0 amide bonds. The molecule has 0 saturated heterocycles. The second kappa shape index (κ2) is 10.00. The number of rotatable bonds is 11. The van der Waals surface area contributed by atoms with Gasteiger partial charge in [0.25, 0.3) is 0 Å². The molecule has 1 aromatic rings. The Labute approximate surface area is 135 Å². The molecule has 2 atom stereocenters. The predicted octanol–water partition coefficient (Wildman–Crippen LogP) is 1.35. The molecule has 1 rings (SSSR count). The van der Waals surface area contributed by atoms with Gasteiger partial charge in [-0.3, -0.25) is 13.6 Å². The molecule has 0 heterocycles. The summed E-state index contributed by atoms with van der Waals surface area (Å²) < 4.78 is 36.7. The normalized spacial score (nSPS) is 14.5. The molecule has 132 valence electrons. The second-order valence-electron chi connectivity index (χ2n) is 4.56. The molecule has 8 nitrogen and oxygen atoms in total. The van der Waals surface area contributed by atoms with E-state index in [9.17, 15) is 9.67 Å². The van der Waals surface area contributed by atoms with Crippen LogP contribution in [0, 0.1) is 0 Å². The van der Waals surface area contributed by atoms with Crippen LogP contribution in [0.25, 0.3) is 0 Å². The lowest BCUT2D eigenvalue weighted by Crippen LogP contribution is -2.35. The summed E-state index contributed by atoms with van der Waals surface area (Å²) in [5.74, 6) is 0.713. The van der Waals surface area contributed by atoms with Gasteiger partial charge in [0.15, 0.2) is 0 Å². The highest BCUT2D eigenvalue weighted by Gasteiger charge is 2.28. The Morgan fingerprint density at radius 2 is 1.74 bits per heavy atom. The standard InChI is InChI=1S/C14H23O8P/c1-18-12-6-4-11(5-7-12)9-21-14(13(16)8-15)10-22-23(17,19-2)20-3/h4-7,13-16H,8-10H2,1-3H3/t13-,14-/m0/s1. The van der Waals surface area contributed by atoms with Crippen molar-refractivity contribution in [2.75, 3.05) is 34.5 Å². The van der Waals surface area contributed by atoms with Crippen LogP contribution in [0.1, 0.15) is 5.56 Å². The van der Waals surface area contributed by atoms with Gasteiger partial charge < -0.3 is 19.7 Å². The molecule has 0 aliphatic rings. The third kappa shape index (κ3) is 6.56. The van der Waals surface area contributed by atoms with E-state index in [1.165, 1.54) is 14.2 Å². The van der Waals surface area contributed by atoms with Crippen molar-refractivity contribution in [2.24, 2.45) is 0 Å². The van der Waals surface area contributed by atoms with Crippen molar-refractivity contribution in [1.29, 1.82) is 0 Å². The predicted molar refractivity (Wildman–Crippen MR) is 82.2 cm³/mol. The van der Waals surface area contributed by atoms with Crippen LogP contribution in [-0.4, -0.2) is 57.0 Å². The average molecular weight is 350 g/mol. The average Bonchev–Trinajstić information content (AvgIpc) is 2.61. The number of hydrogen-bond acceptors (Lipinski definition) is 8. The van der Waals surface area contributed by atoms with E-state index >= 15 is 0 Å². The van der Waals surface area contributed by atoms with Crippen molar-refractivity contribution >= 4 is 7.82 Å². The molecule has 0 radical (unpaired) electrons. The number of aliphatic hydroxyl groups excluding tert-OH is 2. The topological polar surface area (TPSA) is 104 Å². The van der Waals surface area contributed by atoms with Crippen molar-refractivity contribution in [3.63, 3.8) is 0 Å². The molecule has 23 heavy (non-hydrogen) atoms. The second-order valence-corrected chi connectivity index (χ2v) is 6.44. The number of benzene rings is 1. The Hall–Kier alpha value is -0.990. The highest BCUT2D eigenvalue weighted by molar-refractivity contribution is 7.48. The summed E-state index contributed by atoms with van der Waals surface area (Å²) in [6.07, 6.45) is -2.10. The van der Waals surface area contributed by atoms with Gasteiger partial charge in [-0.1, -0.05) is 12.1 Å². The molecule has 0 saturated carbocycles. The zero-order chi connectivity index (χ0) is 17.3. The van der Waals surface area contributed by atoms with E-state index in [1.54, 1.807) is 31.4 Å². The zero-order valence-corrected chi connectivity index (χ0v) is 14.3. The van der Waals surface area contributed by atoms with E-state index in [4.69, 9.17) is 19.1 Å². The van der Waals surface area contributed by atoms with Gasteiger partial charge in [-0.05, 0) is 17.7 Å². The lowest BCUT2D eigenvalue weighted by atomic mass is 10.2. The third-order valence-electron chi connectivity index (χ3n) is 3.08. The maximum absolute atomic E-state index is 11.8. The number of phosphoric acid groups is 1. The highest BCUT2D eigenvalue weighted by atomic mass is 31.2. The fraction of sp³-hybridized carbons (Fsp3) is 0.571. The largest absolute Gasteiger partial charge is 0.497 e. The van der Waals surface area contributed by atoms with E-state index < -0.39 is 26.6 Å².